The molecule has 1 heterocycles. The van der Waals surface area contributed by atoms with Gasteiger partial charge in [0.05, 0.1) is 17.6 Å². The van der Waals surface area contributed by atoms with E-state index in [1.54, 1.807) is 11.0 Å². The van der Waals surface area contributed by atoms with E-state index < -0.39 is 6.04 Å². The third kappa shape index (κ3) is 3.39. The largest absolute Gasteiger partial charge is 0.487 e. The number of rotatable bonds is 4. The Morgan fingerprint density at radius 3 is 3.00 bits per heavy atom. The highest BCUT2D eigenvalue weighted by Gasteiger charge is 2.30. The molecular weight excluding hydrogens is 264 g/mol. The Morgan fingerprint density at radius 1 is 1.58 bits per heavy atom. The molecule has 1 aliphatic heterocycles. The van der Waals surface area contributed by atoms with Crippen LogP contribution in [-0.4, -0.2) is 36.0 Å². The molecule has 0 saturated carbocycles. The van der Waals surface area contributed by atoms with E-state index in [0.717, 1.165) is 6.42 Å². The molecule has 104 valence electrons. The van der Waals surface area contributed by atoms with Crippen molar-refractivity contribution in [3.05, 3.63) is 29.3 Å². The fourth-order valence-corrected chi connectivity index (χ4v) is 2.33. The Hall–Kier alpha value is -1.26. The molecule has 1 fully saturated rings. The molecule has 1 aliphatic rings. The van der Waals surface area contributed by atoms with Gasteiger partial charge in [-0.05, 0) is 18.6 Å². The maximum atomic E-state index is 12.0. The van der Waals surface area contributed by atoms with E-state index in [0.29, 0.717) is 30.3 Å². The van der Waals surface area contributed by atoms with Crippen molar-refractivity contribution in [2.75, 3.05) is 13.1 Å². The molecule has 0 spiro atoms. The number of carbonyl (C=O) groups excluding carboxylic acids is 1. The number of benzene rings is 1. The molecule has 5 heteroatoms. The van der Waals surface area contributed by atoms with Crippen LogP contribution >= 0.6 is 11.6 Å². The van der Waals surface area contributed by atoms with E-state index in [2.05, 4.69) is 0 Å². The molecule has 0 bridgehead atoms. The topological polar surface area (TPSA) is 55.6 Å². The summed E-state index contributed by atoms with van der Waals surface area (Å²) in [5.74, 6) is 0.677. The Balaban J connectivity index is 1.92. The van der Waals surface area contributed by atoms with Gasteiger partial charge in [0.15, 0.2) is 0 Å². The minimum Gasteiger partial charge on any atom is -0.487 e. The molecule has 19 heavy (non-hydrogen) atoms. The smallest absolute Gasteiger partial charge is 0.239 e. The summed E-state index contributed by atoms with van der Waals surface area (Å²) < 4.78 is 5.83. The van der Waals surface area contributed by atoms with Crippen LogP contribution in [0.3, 0.4) is 0 Å². The standard InChI is InChI=1S/C14H19ClN2O2/c1-2-12(16)14(18)17-8-7-10(9-17)19-13-6-4-3-5-11(13)15/h3-6,10,12H,2,7-9,16H2,1H3/t10-,12+/m0/s1. The van der Waals surface area contributed by atoms with Gasteiger partial charge in [-0.25, -0.2) is 0 Å². The number of likely N-dealkylation sites (tertiary alicyclic amines) is 1. The van der Waals surface area contributed by atoms with Crippen LogP contribution in [0.1, 0.15) is 19.8 Å². The Labute approximate surface area is 118 Å². The molecule has 1 saturated heterocycles. The van der Waals surface area contributed by atoms with Crippen molar-refractivity contribution >= 4 is 17.5 Å². The third-order valence-electron chi connectivity index (χ3n) is 3.34. The Morgan fingerprint density at radius 2 is 2.32 bits per heavy atom. The van der Waals surface area contributed by atoms with Crippen LogP contribution in [0.15, 0.2) is 24.3 Å². The number of ether oxygens (including phenoxy) is 1. The van der Waals surface area contributed by atoms with Crippen LogP contribution in [0, 0.1) is 0 Å². The fraction of sp³-hybridized carbons (Fsp3) is 0.500. The van der Waals surface area contributed by atoms with Gasteiger partial charge in [0.1, 0.15) is 11.9 Å². The molecule has 0 radical (unpaired) electrons. The number of amides is 1. The lowest BCUT2D eigenvalue weighted by Gasteiger charge is -2.20. The van der Waals surface area contributed by atoms with E-state index in [1.165, 1.54) is 0 Å². The number of nitrogens with zero attached hydrogens (tertiary/aromatic N) is 1. The van der Waals surface area contributed by atoms with Crippen molar-refractivity contribution in [3.63, 3.8) is 0 Å². The summed E-state index contributed by atoms with van der Waals surface area (Å²) in [4.78, 5) is 13.7. The van der Waals surface area contributed by atoms with E-state index in [4.69, 9.17) is 22.1 Å². The maximum absolute atomic E-state index is 12.0. The number of para-hydroxylation sites is 1. The first kappa shape index (κ1) is 14.2. The maximum Gasteiger partial charge on any atom is 0.239 e. The second kappa shape index (κ2) is 6.26. The molecule has 1 aromatic rings. The predicted octanol–water partition coefficient (Wildman–Crippen LogP) is 2.06. The van der Waals surface area contributed by atoms with Gasteiger partial charge in [0.25, 0.3) is 0 Å². The highest BCUT2D eigenvalue weighted by Crippen LogP contribution is 2.26. The summed E-state index contributed by atoms with van der Waals surface area (Å²) in [6, 6.07) is 6.97. The summed E-state index contributed by atoms with van der Waals surface area (Å²) in [7, 11) is 0. The summed E-state index contributed by atoms with van der Waals surface area (Å²) in [6.45, 7) is 3.19. The molecule has 2 N–H and O–H groups in total. The van der Waals surface area contributed by atoms with Crippen LogP contribution in [0.5, 0.6) is 5.75 Å². The minimum atomic E-state index is -0.404. The summed E-state index contributed by atoms with van der Waals surface area (Å²) in [5, 5.41) is 0.595. The Bertz CT molecular complexity index is 453. The van der Waals surface area contributed by atoms with Crippen LogP contribution in [0.2, 0.25) is 5.02 Å². The average Bonchev–Trinajstić information content (AvgIpc) is 2.88. The van der Waals surface area contributed by atoms with Gasteiger partial charge in [0.2, 0.25) is 5.91 Å². The summed E-state index contributed by atoms with van der Waals surface area (Å²) in [6.07, 6.45) is 1.46. The second-order valence-corrected chi connectivity index (χ2v) is 5.17. The van der Waals surface area contributed by atoms with Gasteiger partial charge in [0, 0.05) is 13.0 Å². The quantitative estimate of drug-likeness (QED) is 0.920. The molecule has 0 aromatic heterocycles. The molecule has 2 rings (SSSR count). The molecule has 1 amide bonds. The number of hydrogen-bond acceptors (Lipinski definition) is 3. The number of halogens is 1. The highest BCUT2D eigenvalue weighted by atomic mass is 35.5. The average molecular weight is 283 g/mol. The number of hydrogen-bond donors (Lipinski definition) is 1. The first-order valence-electron chi connectivity index (χ1n) is 6.57. The zero-order chi connectivity index (χ0) is 13.8. The fourth-order valence-electron chi connectivity index (χ4n) is 2.15. The van der Waals surface area contributed by atoms with Gasteiger partial charge in [-0.2, -0.15) is 0 Å². The van der Waals surface area contributed by atoms with Gasteiger partial charge in [-0.3, -0.25) is 4.79 Å². The first-order chi connectivity index (χ1) is 9.11. The summed E-state index contributed by atoms with van der Waals surface area (Å²) in [5.41, 5.74) is 5.77. The van der Waals surface area contributed by atoms with Crippen molar-refractivity contribution in [1.29, 1.82) is 0 Å². The van der Waals surface area contributed by atoms with Gasteiger partial charge >= 0.3 is 0 Å². The second-order valence-electron chi connectivity index (χ2n) is 4.76. The van der Waals surface area contributed by atoms with Crippen molar-refractivity contribution in [1.82, 2.24) is 4.90 Å². The molecular formula is C14H19ClN2O2. The minimum absolute atomic E-state index is 0.00657. The monoisotopic (exact) mass is 282 g/mol. The lowest BCUT2D eigenvalue weighted by atomic mass is 10.2. The first-order valence-corrected chi connectivity index (χ1v) is 6.95. The van der Waals surface area contributed by atoms with Crippen molar-refractivity contribution in [2.24, 2.45) is 5.73 Å². The molecule has 0 unspecified atom stereocenters. The van der Waals surface area contributed by atoms with Gasteiger partial charge < -0.3 is 15.4 Å². The van der Waals surface area contributed by atoms with Gasteiger partial charge in [-0.1, -0.05) is 30.7 Å². The zero-order valence-electron chi connectivity index (χ0n) is 11.0. The van der Waals surface area contributed by atoms with E-state index in [9.17, 15) is 4.79 Å². The SMILES string of the molecule is CC[C@@H](N)C(=O)N1CC[C@H](Oc2ccccc2Cl)C1. The zero-order valence-corrected chi connectivity index (χ0v) is 11.8. The van der Waals surface area contributed by atoms with Crippen LogP contribution in [0.4, 0.5) is 0 Å². The van der Waals surface area contributed by atoms with Crippen LogP contribution in [0.25, 0.3) is 0 Å². The van der Waals surface area contributed by atoms with Crippen molar-refractivity contribution in [2.45, 2.75) is 31.9 Å². The number of carbonyl (C=O) groups is 1. The van der Waals surface area contributed by atoms with Crippen LogP contribution in [-0.2, 0) is 4.79 Å². The van der Waals surface area contributed by atoms with E-state index in [1.807, 2.05) is 25.1 Å². The summed E-state index contributed by atoms with van der Waals surface area (Å²) >= 11 is 6.05. The molecule has 1 aromatic carbocycles. The Kier molecular flexibility index (Phi) is 4.66. The number of nitrogens with two attached hydrogens (primary N) is 1. The lowest BCUT2D eigenvalue weighted by Crippen LogP contribution is -2.42. The molecule has 0 aliphatic carbocycles. The van der Waals surface area contributed by atoms with E-state index in [-0.39, 0.29) is 12.0 Å². The third-order valence-corrected chi connectivity index (χ3v) is 3.66. The predicted molar refractivity (Wildman–Crippen MR) is 75.3 cm³/mol. The molecule has 4 nitrogen and oxygen atoms in total. The van der Waals surface area contributed by atoms with Gasteiger partial charge in [-0.15, -0.1) is 0 Å². The lowest BCUT2D eigenvalue weighted by molar-refractivity contribution is -0.131. The van der Waals surface area contributed by atoms with Crippen molar-refractivity contribution in [3.8, 4) is 5.75 Å². The van der Waals surface area contributed by atoms with Crippen molar-refractivity contribution < 1.29 is 9.53 Å². The molecule has 2 atom stereocenters. The normalized spacial score (nSPS) is 20.4. The highest BCUT2D eigenvalue weighted by molar-refractivity contribution is 6.32. The van der Waals surface area contributed by atoms with Crippen LogP contribution < -0.4 is 10.5 Å². The van der Waals surface area contributed by atoms with E-state index >= 15 is 0 Å².